The molecule has 1 unspecified atom stereocenters. The number of carboxylic acids is 1. The van der Waals surface area contributed by atoms with Gasteiger partial charge in [-0.3, -0.25) is 14.6 Å². The quantitative estimate of drug-likeness (QED) is 0.781. The van der Waals surface area contributed by atoms with Crippen molar-refractivity contribution in [2.45, 2.75) is 38.1 Å². The zero-order chi connectivity index (χ0) is 13.7. The first-order valence-corrected chi connectivity index (χ1v) is 7.47. The molecular formula is C14H26N2O3. The minimum absolute atomic E-state index is 0.596. The van der Waals surface area contributed by atoms with Crippen molar-refractivity contribution in [2.24, 2.45) is 0 Å². The highest BCUT2D eigenvalue weighted by Gasteiger charge is 2.46. The lowest BCUT2D eigenvalue weighted by atomic mass is 9.90. The zero-order valence-corrected chi connectivity index (χ0v) is 11.9. The molecule has 2 aliphatic heterocycles. The molecule has 5 nitrogen and oxygen atoms in total. The van der Waals surface area contributed by atoms with Crippen molar-refractivity contribution in [1.82, 2.24) is 9.80 Å². The van der Waals surface area contributed by atoms with E-state index in [9.17, 15) is 9.90 Å². The molecule has 1 N–H and O–H groups in total. The van der Waals surface area contributed by atoms with Crippen molar-refractivity contribution >= 4 is 5.97 Å². The van der Waals surface area contributed by atoms with Gasteiger partial charge in [0.1, 0.15) is 5.54 Å². The summed E-state index contributed by atoms with van der Waals surface area (Å²) in [6.45, 7) is 8.38. The van der Waals surface area contributed by atoms with Gasteiger partial charge < -0.3 is 9.84 Å². The molecule has 0 aliphatic carbocycles. The number of nitrogens with zero attached hydrogens (tertiary/aromatic N) is 2. The van der Waals surface area contributed by atoms with Gasteiger partial charge in [0.15, 0.2) is 0 Å². The summed E-state index contributed by atoms with van der Waals surface area (Å²) in [5, 5.41) is 9.63. The molecule has 0 spiro atoms. The second kappa shape index (κ2) is 6.68. The van der Waals surface area contributed by atoms with Gasteiger partial charge in [-0.1, -0.05) is 13.3 Å². The summed E-state index contributed by atoms with van der Waals surface area (Å²) in [5.41, 5.74) is -0.596. The van der Waals surface area contributed by atoms with Gasteiger partial charge in [0, 0.05) is 26.2 Å². The highest BCUT2D eigenvalue weighted by atomic mass is 16.5. The van der Waals surface area contributed by atoms with Crippen LogP contribution in [0.3, 0.4) is 0 Å². The van der Waals surface area contributed by atoms with Gasteiger partial charge in [0.2, 0.25) is 0 Å². The van der Waals surface area contributed by atoms with Crippen LogP contribution in [-0.2, 0) is 9.53 Å². The lowest BCUT2D eigenvalue weighted by Crippen LogP contribution is -2.53. The summed E-state index contributed by atoms with van der Waals surface area (Å²) in [6.07, 6.45) is 3.51. The number of ether oxygens (including phenoxy) is 1. The monoisotopic (exact) mass is 270 g/mol. The first-order valence-electron chi connectivity index (χ1n) is 7.47. The fourth-order valence-electron chi connectivity index (χ4n) is 3.39. The number of morpholine rings is 1. The fourth-order valence-corrected chi connectivity index (χ4v) is 3.39. The lowest BCUT2D eigenvalue weighted by Gasteiger charge is -2.36. The number of rotatable bonds is 6. The Morgan fingerprint density at radius 3 is 2.63 bits per heavy atom. The van der Waals surface area contributed by atoms with E-state index in [2.05, 4.69) is 16.7 Å². The van der Waals surface area contributed by atoms with Gasteiger partial charge in [0.25, 0.3) is 0 Å². The molecule has 0 aromatic heterocycles. The molecule has 0 aromatic carbocycles. The molecule has 0 aromatic rings. The SMILES string of the molecule is CCCC1(C(=O)O)CCCN1CCN1CCOCC1. The fraction of sp³-hybridized carbons (Fsp3) is 0.929. The van der Waals surface area contributed by atoms with Crippen molar-refractivity contribution in [3.05, 3.63) is 0 Å². The third-order valence-corrected chi connectivity index (χ3v) is 4.48. The first-order chi connectivity index (χ1) is 9.19. The number of aliphatic carboxylic acids is 1. The topological polar surface area (TPSA) is 53.0 Å². The van der Waals surface area contributed by atoms with Gasteiger partial charge in [-0.2, -0.15) is 0 Å². The maximum absolute atomic E-state index is 11.7. The van der Waals surface area contributed by atoms with Crippen LogP contribution >= 0.6 is 0 Å². The predicted molar refractivity (Wildman–Crippen MR) is 73.3 cm³/mol. The van der Waals surface area contributed by atoms with E-state index in [1.54, 1.807) is 0 Å². The summed E-state index contributed by atoms with van der Waals surface area (Å²) >= 11 is 0. The number of hydrogen-bond donors (Lipinski definition) is 1. The summed E-state index contributed by atoms with van der Waals surface area (Å²) in [6, 6.07) is 0. The summed E-state index contributed by atoms with van der Waals surface area (Å²) < 4.78 is 5.34. The summed E-state index contributed by atoms with van der Waals surface area (Å²) in [7, 11) is 0. The van der Waals surface area contributed by atoms with Crippen LogP contribution in [0.25, 0.3) is 0 Å². The molecule has 19 heavy (non-hydrogen) atoms. The third-order valence-electron chi connectivity index (χ3n) is 4.48. The average Bonchev–Trinajstić information content (AvgIpc) is 2.82. The van der Waals surface area contributed by atoms with E-state index in [1.165, 1.54) is 0 Å². The predicted octanol–water partition coefficient (Wildman–Crippen LogP) is 1.04. The summed E-state index contributed by atoms with van der Waals surface area (Å²) in [4.78, 5) is 16.3. The molecule has 2 heterocycles. The molecule has 0 bridgehead atoms. The molecular weight excluding hydrogens is 244 g/mol. The number of likely N-dealkylation sites (tertiary alicyclic amines) is 1. The molecule has 2 fully saturated rings. The van der Waals surface area contributed by atoms with Crippen molar-refractivity contribution in [2.75, 3.05) is 45.9 Å². The Kier molecular flexibility index (Phi) is 5.19. The zero-order valence-electron chi connectivity index (χ0n) is 11.9. The number of carbonyl (C=O) groups is 1. The second-order valence-electron chi connectivity index (χ2n) is 5.63. The maximum Gasteiger partial charge on any atom is 0.324 e. The Bertz CT molecular complexity index is 305. The van der Waals surface area contributed by atoms with Crippen molar-refractivity contribution in [3.8, 4) is 0 Å². The number of carboxylic acid groups (broad SMARTS) is 1. The molecule has 0 amide bonds. The van der Waals surface area contributed by atoms with Gasteiger partial charge in [-0.05, 0) is 25.8 Å². The minimum atomic E-state index is -0.631. The number of hydrogen-bond acceptors (Lipinski definition) is 4. The Hall–Kier alpha value is -0.650. The van der Waals surface area contributed by atoms with Gasteiger partial charge in [-0.15, -0.1) is 0 Å². The Balaban J connectivity index is 1.91. The van der Waals surface area contributed by atoms with E-state index in [4.69, 9.17) is 4.74 Å². The van der Waals surface area contributed by atoms with E-state index in [-0.39, 0.29) is 0 Å². The third kappa shape index (κ3) is 3.27. The first kappa shape index (κ1) is 14.8. The van der Waals surface area contributed by atoms with E-state index in [1.807, 2.05) is 0 Å². The van der Waals surface area contributed by atoms with E-state index in [0.717, 1.165) is 71.6 Å². The van der Waals surface area contributed by atoms with Crippen LogP contribution in [-0.4, -0.2) is 72.4 Å². The Morgan fingerprint density at radius 1 is 1.26 bits per heavy atom. The van der Waals surface area contributed by atoms with E-state index in [0.29, 0.717) is 0 Å². The van der Waals surface area contributed by atoms with Crippen LogP contribution < -0.4 is 0 Å². The Morgan fingerprint density at radius 2 is 2.00 bits per heavy atom. The van der Waals surface area contributed by atoms with Crippen LogP contribution in [0.1, 0.15) is 32.6 Å². The van der Waals surface area contributed by atoms with Crippen molar-refractivity contribution in [3.63, 3.8) is 0 Å². The van der Waals surface area contributed by atoms with Gasteiger partial charge >= 0.3 is 5.97 Å². The smallest absolute Gasteiger partial charge is 0.324 e. The van der Waals surface area contributed by atoms with Crippen LogP contribution in [0.4, 0.5) is 0 Å². The van der Waals surface area contributed by atoms with Gasteiger partial charge in [0.05, 0.1) is 13.2 Å². The molecule has 2 aliphatic rings. The normalized spacial score (nSPS) is 29.7. The average molecular weight is 270 g/mol. The van der Waals surface area contributed by atoms with Crippen LogP contribution in [0.2, 0.25) is 0 Å². The van der Waals surface area contributed by atoms with Crippen LogP contribution in [0.5, 0.6) is 0 Å². The molecule has 5 heteroatoms. The largest absolute Gasteiger partial charge is 0.480 e. The molecule has 1 atom stereocenters. The molecule has 2 saturated heterocycles. The van der Waals surface area contributed by atoms with Crippen LogP contribution in [0.15, 0.2) is 0 Å². The Labute approximate surface area is 115 Å². The van der Waals surface area contributed by atoms with Crippen molar-refractivity contribution in [1.29, 1.82) is 0 Å². The lowest BCUT2D eigenvalue weighted by molar-refractivity contribution is -0.150. The van der Waals surface area contributed by atoms with Crippen LogP contribution in [0, 0.1) is 0 Å². The second-order valence-corrected chi connectivity index (χ2v) is 5.63. The minimum Gasteiger partial charge on any atom is -0.480 e. The summed E-state index contributed by atoms with van der Waals surface area (Å²) in [5.74, 6) is -0.631. The molecule has 0 saturated carbocycles. The molecule has 0 radical (unpaired) electrons. The molecule has 2 rings (SSSR count). The highest BCUT2D eigenvalue weighted by Crippen LogP contribution is 2.33. The van der Waals surface area contributed by atoms with Gasteiger partial charge in [-0.25, -0.2) is 0 Å². The maximum atomic E-state index is 11.7. The highest BCUT2D eigenvalue weighted by molar-refractivity contribution is 5.79. The standard InChI is InChI=1S/C14H26N2O3/c1-2-4-14(13(17)18)5-3-6-16(14)8-7-15-9-11-19-12-10-15/h2-12H2,1H3,(H,17,18). The van der Waals surface area contributed by atoms with E-state index >= 15 is 0 Å². The molecule has 110 valence electrons. The van der Waals surface area contributed by atoms with Crippen molar-refractivity contribution < 1.29 is 14.6 Å². The van der Waals surface area contributed by atoms with E-state index < -0.39 is 11.5 Å².